The van der Waals surface area contributed by atoms with E-state index in [0.29, 0.717) is 0 Å². The lowest BCUT2D eigenvalue weighted by Gasteiger charge is -2.15. The Morgan fingerprint density at radius 1 is 1.15 bits per heavy atom. The van der Waals surface area contributed by atoms with E-state index in [1.54, 1.807) is 6.92 Å². The van der Waals surface area contributed by atoms with Gasteiger partial charge in [-0.15, -0.1) is 0 Å². The number of nitrogens with zero attached hydrogens (tertiary/aromatic N) is 1. The molecule has 2 aromatic carbocycles. The van der Waals surface area contributed by atoms with E-state index < -0.39 is 6.10 Å². The van der Waals surface area contributed by atoms with Crippen LogP contribution in [-0.4, -0.2) is 19.2 Å². The molecule has 0 bridgehead atoms. The van der Waals surface area contributed by atoms with Gasteiger partial charge in [0.15, 0.2) is 0 Å². The molecule has 0 aromatic heterocycles. The van der Waals surface area contributed by atoms with Gasteiger partial charge in [-0.2, -0.15) is 0 Å². The molecule has 0 heterocycles. The van der Waals surface area contributed by atoms with Crippen molar-refractivity contribution < 1.29 is 9.84 Å². The molecule has 0 saturated carbocycles. The van der Waals surface area contributed by atoms with Crippen LogP contribution in [0, 0.1) is 0 Å². The Morgan fingerprint density at radius 2 is 1.90 bits per heavy atom. The van der Waals surface area contributed by atoms with Crippen LogP contribution < -0.4 is 9.64 Å². The van der Waals surface area contributed by atoms with E-state index in [0.717, 1.165) is 27.2 Å². The van der Waals surface area contributed by atoms with Gasteiger partial charge in [0, 0.05) is 25.8 Å². The van der Waals surface area contributed by atoms with Crippen molar-refractivity contribution in [3.63, 3.8) is 0 Å². The molecule has 0 aliphatic carbocycles. The summed E-state index contributed by atoms with van der Waals surface area (Å²) in [5.74, 6) is 1.51. The second kappa shape index (κ2) is 6.29. The first-order valence-corrected chi connectivity index (χ1v) is 7.19. The number of ether oxygens (including phenoxy) is 1. The standard InChI is InChI=1S/C16H18BrNO2/c1-11(19)12-7-8-16(15(17)9-12)20-14-6-4-5-13(10-14)18(2)3/h4-11,19H,1-3H3/t11-/m1/s1. The molecule has 106 valence electrons. The Balaban J connectivity index is 2.24. The number of aliphatic hydroxyl groups is 1. The first kappa shape index (κ1) is 14.9. The molecule has 3 nitrogen and oxygen atoms in total. The minimum Gasteiger partial charge on any atom is -0.456 e. The third kappa shape index (κ3) is 3.52. The second-order valence-corrected chi connectivity index (χ2v) is 5.71. The Kier molecular flexibility index (Phi) is 4.68. The smallest absolute Gasteiger partial charge is 0.141 e. The lowest BCUT2D eigenvalue weighted by Crippen LogP contribution is -2.08. The number of anilines is 1. The summed E-state index contributed by atoms with van der Waals surface area (Å²) in [6.07, 6.45) is -0.489. The minimum absolute atomic E-state index is 0.489. The van der Waals surface area contributed by atoms with Crippen molar-refractivity contribution in [2.75, 3.05) is 19.0 Å². The molecule has 1 N–H and O–H groups in total. The zero-order valence-corrected chi connectivity index (χ0v) is 13.4. The van der Waals surface area contributed by atoms with Crippen molar-refractivity contribution >= 4 is 21.6 Å². The van der Waals surface area contributed by atoms with Gasteiger partial charge >= 0.3 is 0 Å². The van der Waals surface area contributed by atoms with Gasteiger partial charge in [-0.1, -0.05) is 12.1 Å². The summed E-state index contributed by atoms with van der Waals surface area (Å²) in [5.41, 5.74) is 1.94. The van der Waals surface area contributed by atoms with Crippen LogP contribution >= 0.6 is 15.9 Å². The van der Waals surface area contributed by atoms with E-state index in [1.807, 2.05) is 61.5 Å². The lowest BCUT2D eigenvalue weighted by molar-refractivity contribution is 0.199. The zero-order valence-electron chi connectivity index (χ0n) is 11.8. The van der Waals surface area contributed by atoms with Crippen LogP contribution in [0.2, 0.25) is 0 Å². The highest BCUT2D eigenvalue weighted by Crippen LogP contribution is 2.33. The number of aliphatic hydroxyl groups excluding tert-OH is 1. The monoisotopic (exact) mass is 335 g/mol. The third-order valence-electron chi connectivity index (χ3n) is 3.00. The highest BCUT2D eigenvalue weighted by atomic mass is 79.9. The highest BCUT2D eigenvalue weighted by Gasteiger charge is 2.08. The van der Waals surface area contributed by atoms with Gasteiger partial charge in [-0.25, -0.2) is 0 Å². The van der Waals surface area contributed by atoms with Gasteiger partial charge in [0.25, 0.3) is 0 Å². The Bertz CT molecular complexity index is 597. The van der Waals surface area contributed by atoms with Crippen molar-refractivity contribution in [2.24, 2.45) is 0 Å². The fourth-order valence-corrected chi connectivity index (χ4v) is 2.29. The fraction of sp³-hybridized carbons (Fsp3) is 0.250. The van der Waals surface area contributed by atoms with Crippen molar-refractivity contribution in [1.82, 2.24) is 0 Å². The van der Waals surface area contributed by atoms with Gasteiger partial charge in [-0.05, 0) is 52.7 Å². The van der Waals surface area contributed by atoms with Gasteiger partial charge in [-0.3, -0.25) is 0 Å². The first-order valence-electron chi connectivity index (χ1n) is 6.40. The number of halogens is 1. The number of hydrogen-bond donors (Lipinski definition) is 1. The molecule has 2 rings (SSSR count). The molecule has 1 atom stereocenters. The summed E-state index contributed by atoms with van der Waals surface area (Å²) >= 11 is 3.47. The molecule has 20 heavy (non-hydrogen) atoms. The molecular formula is C16H18BrNO2. The summed E-state index contributed by atoms with van der Waals surface area (Å²) in [7, 11) is 3.99. The van der Waals surface area contributed by atoms with E-state index >= 15 is 0 Å². The average molecular weight is 336 g/mol. The molecule has 0 aliphatic heterocycles. The van der Waals surface area contributed by atoms with Crippen molar-refractivity contribution in [1.29, 1.82) is 0 Å². The third-order valence-corrected chi connectivity index (χ3v) is 3.62. The summed E-state index contributed by atoms with van der Waals surface area (Å²) in [6.45, 7) is 1.74. The molecular weight excluding hydrogens is 318 g/mol. The van der Waals surface area contributed by atoms with Crippen LogP contribution in [-0.2, 0) is 0 Å². The molecule has 2 aromatic rings. The molecule has 0 unspecified atom stereocenters. The Morgan fingerprint density at radius 3 is 2.50 bits per heavy atom. The van der Waals surface area contributed by atoms with Crippen LogP contribution in [0.3, 0.4) is 0 Å². The minimum atomic E-state index is -0.489. The number of benzene rings is 2. The second-order valence-electron chi connectivity index (χ2n) is 4.86. The SMILES string of the molecule is C[C@@H](O)c1ccc(Oc2cccc(N(C)C)c2)c(Br)c1. The average Bonchev–Trinajstić information content (AvgIpc) is 2.41. The summed E-state index contributed by atoms with van der Waals surface area (Å²) in [5, 5.41) is 9.56. The highest BCUT2D eigenvalue weighted by molar-refractivity contribution is 9.10. The lowest BCUT2D eigenvalue weighted by atomic mass is 10.1. The normalized spacial score (nSPS) is 12.1. The van der Waals surface area contributed by atoms with Gasteiger partial charge < -0.3 is 14.7 Å². The fourth-order valence-electron chi connectivity index (χ4n) is 1.81. The largest absolute Gasteiger partial charge is 0.456 e. The summed E-state index contributed by atoms with van der Waals surface area (Å²) < 4.78 is 6.70. The van der Waals surface area contributed by atoms with Crippen LogP contribution in [0.25, 0.3) is 0 Å². The van der Waals surface area contributed by atoms with Crippen LogP contribution in [0.1, 0.15) is 18.6 Å². The Labute approximate surface area is 127 Å². The molecule has 0 aliphatic rings. The van der Waals surface area contributed by atoms with E-state index in [1.165, 1.54) is 0 Å². The van der Waals surface area contributed by atoms with E-state index in [9.17, 15) is 5.11 Å². The summed E-state index contributed by atoms with van der Waals surface area (Å²) in [4.78, 5) is 2.03. The topological polar surface area (TPSA) is 32.7 Å². The van der Waals surface area contributed by atoms with Crippen LogP contribution in [0.15, 0.2) is 46.9 Å². The van der Waals surface area contributed by atoms with Gasteiger partial charge in [0.2, 0.25) is 0 Å². The zero-order chi connectivity index (χ0) is 14.7. The van der Waals surface area contributed by atoms with E-state index in [2.05, 4.69) is 15.9 Å². The maximum absolute atomic E-state index is 9.56. The maximum Gasteiger partial charge on any atom is 0.141 e. The Hall–Kier alpha value is -1.52. The first-order chi connectivity index (χ1) is 9.47. The molecule has 0 saturated heterocycles. The summed E-state index contributed by atoms with van der Waals surface area (Å²) in [6, 6.07) is 13.5. The van der Waals surface area contributed by atoms with Gasteiger partial charge in [0.05, 0.1) is 10.6 Å². The van der Waals surface area contributed by atoms with E-state index in [4.69, 9.17) is 4.74 Å². The number of rotatable bonds is 4. The van der Waals surface area contributed by atoms with Crippen LogP contribution in [0.5, 0.6) is 11.5 Å². The number of hydrogen-bond acceptors (Lipinski definition) is 3. The molecule has 0 spiro atoms. The van der Waals surface area contributed by atoms with Crippen molar-refractivity contribution in [2.45, 2.75) is 13.0 Å². The van der Waals surface area contributed by atoms with Crippen LogP contribution in [0.4, 0.5) is 5.69 Å². The van der Waals surface area contributed by atoms with Gasteiger partial charge in [0.1, 0.15) is 11.5 Å². The molecule has 0 fully saturated rings. The maximum atomic E-state index is 9.56. The quantitative estimate of drug-likeness (QED) is 0.900. The molecule has 0 radical (unpaired) electrons. The van der Waals surface area contributed by atoms with Crippen molar-refractivity contribution in [3.05, 3.63) is 52.5 Å². The van der Waals surface area contributed by atoms with E-state index in [-0.39, 0.29) is 0 Å². The predicted octanol–water partition coefficient (Wildman–Crippen LogP) is 4.36. The molecule has 0 amide bonds. The predicted molar refractivity (Wildman–Crippen MR) is 85.6 cm³/mol. The molecule has 4 heteroatoms. The van der Waals surface area contributed by atoms with Crippen molar-refractivity contribution in [3.8, 4) is 11.5 Å².